The number of aliphatic hydroxyl groups is 2. The molecule has 0 radical (unpaired) electrons. The summed E-state index contributed by atoms with van der Waals surface area (Å²) in [6, 6.07) is 0.0700. The van der Waals surface area contributed by atoms with Crippen LogP contribution in [0.25, 0.3) is 0 Å². The summed E-state index contributed by atoms with van der Waals surface area (Å²) >= 11 is 0. The Balaban J connectivity index is 1.55. The van der Waals surface area contributed by atoms with Crippen molar-refractivity contribution < 1.29 is 19.7 Å². The molecular formula is C25H37NO4. The molecule has 1 aliphatic heterocycles. The maximum absolute atomic E-state index is 13.5. The highest BCUT2D eigenvalue weighted by Crippen LogP contribution is 2.82. The number of amides is 1. The van der Waals surface area contributed by atoms with E-state index in [0.29, 0.717) is 18.4 Å². The molecule has 0 aromatic rings. The van der Waals surface area contributed by atoms with Gasteiger partial charge in [0.25, 0.3) is 0 Å². The first-order chi connectivity index (χ1) is 14.0. The molecule has 2 spiro atoms. The number of carbonyl (C=O) groups is 1. The molecule has 7 aliphatic rings. The van der Waals surface area contributed by atoms with Gasteiger partial charge in [0, 0.05) is 18.0 Å². The maximum Gasteiger partial charge on any atom is 0.410 e. The second kappa shape index (κ2) is 5.46. The largest absolute Gasteiger partial charge is 0.444 e. The normalized spacial score (nSPS) is 55.6. The average Bonchev–Trinajstić information content (AvgIpc) is 2.73. The van der Waals surface area contributed by atoms with Crippen LogP contribution in [0, 0.1) is 39.9 Å². The predicted octanol–water partition coefficient (Wildman–Crippen LogP) is 3.74. The van der Waals surface area contributed by atoms with Crippen LogP contribution in [0.4, 0.5) is 4.79 Å². The van der Waals surface area contributed by atoms with Gasteiger partial charge in [-0.15, -0.1) is 0 Å². The number of piperidine rings is 1. The van der Waals surface area contributed by atoms with E-state index in [4.69, 9.17) is 4.74 Å². The van der Waals surface area contributed by atoms with Crippen molar-refractivity contribution in [2.45, 2.75) is 90.1 Å². The molecule has 1 saturated heterocycles. The molecule has 1 amide bonds. The van der Waals surface area contributed by atoms with Crippen LogP contribution in [-0.2, 0) is 4.74 Å². The number of hydrogen-bond acceptors (Lipinski definition) is 4. The molecule has 6 saturated carbocycles. The summed E-state index contributed by atoms with van der Waals surface area (Å²) in [4.78, 5) is 15.6. The molecule has 0 aromatic heterocycles. The number of likely N-dealkylation sites (tertiary alicyclic amines) is 1. The Labute approximate surface area is 179 Å². The van der Waals surface area contributed by atoms with Gasteiger partial charge >= 0.3 is 6.09 Å². The van der Waals surface area contributed by atoms with Gasteiger partial charge in [-0.25, -0.2) is 4.79 Å². The minimum atomic E-state index is -0.649. The van der Waals surface area contributed by atoms with Crippen molar-refractivity contribution in [2.24, 2.45) is 39.9 Å². The van der Waals surface area contributed by atoms with Gasteiger partial charge in [0.05, 0.1) is 12.2 Å². The number of nitrogens with zero attached hydrogens (tertiary/aromatic N) is 1. The molecule has 5 nitrogen and oxygen atoms in total. The summed E-state index contributed by atoms with van der Waals surface area (Å²) in [5.74, 6) is 1.14. The first-order valence-electron chi connectivity index (χ1n) is 12.0. The number of fused-ring (bicyclic) bond motifs is 1. The lowest BCUT2D eigenvalue weighted by Gasteiger charge is -2.68. The average molecular weight is 416 g/mol. The van der Waals surface area contributed by atoms with Crippen molar-refractivity contribution in [1.29, 1.82) is 0 Å². The molecule has 2 N–H and O–H groups in total. The Bertz CT molecular complexity index is 833. The molecule has 6 aliphatic carbocycles. The van der Waals surface area contributed by atoms with Crippen molar-refractivity contribution in [3.05, 3.63) is 12.2 Å². The molecule has 0 aromatic carbocycles. The fourth-order valence-corrected chi connectivity index (χ4v) is 10.1. The molecule has 166 valence electrons. The molecule has 7 rings (SSSR count). The van der Waals surface area contributed by atoms with Crippen LogP contribution in [0.5, 0.6) is 0 Å². The van der Waals surface area contributed by atoms with E-state index in [-0.39, 0.29) is 34.8 Å². The summed E-state index contributed by atoms with van der Waals surface area (Å²) in [6.07, 6.45) is 4.75. The fraction of sp³-hybridized carbons (Fsp3) is 0.880. The predicted molar refractivity (Wildman–Crippen MR) is 113 cm³/mol. The van der Waals surface area contributed by atoms with Crippen molar-refractivity contribution in [3.63, 3.8) is 0 Å². The third kappa shape index (κ3) is 1.93. The van der Waals surface area contributed by atoms with Crippen LogP contribution >= 0.6 is 0 Å². The standard InChI is InChI=1S/C25H37NO4/c1-13-14-9-15-19-24-8-6-7-23(5,12-26(19)21(29)30-22(2,3)4)16(24)11-18(27)25(15,20(13)28)17(24)10-14/h14-20,27-28H,1,6-12H2,2-5H3. The smallest absolute Gasteiger partial charge is 0.410 e. The van der Waals surface area contributed by atoms with Gasteiger partial charge in [-0.2, -0.15) is 0 Å². The highest BCUT2D eigenvalue weighted by molar-refractivity contribution is 5.70. The summed E-state index contributed by atoms with van der Waals surface area (Å²) in [5, 5.41) is 23.2. The van der Waals surface area contributed by atoms with Crippen molar-refractivity contribution in [2.75, 3.05) is 6.54 Å². The van der Waals surface area contributed by atoms with Gasteiger partial charge in [-0.05, 0) is 93.0 Å². The van der Waals surface area contributed by atoms with E-state index in [1.807, 2.05) is 20.8 Å². The monoisotopic (exact) mass is 415 g/mol. The van der Waals surface area contributed by atoms with Crippen LogP contribution in [0.2, 0.25) is 0 Å². The summed E-state index contributed by atoms with van der Waals surface area (Å²) in [6.45, 7) is 13.1. The Kier molecular flexibility index (Phi) is 3.57. The molecule has 10 atom stereocenters. The number of rotatable bonds is 0. The van der Waals surface area contributed by atoms with Gasteiger partial charge in [-0.1, -0.05) is 19.9 Å². The summed E-state index contributed by atoms with van der Waals surface area (Å²) < 4.78 is 5.93. The number of aliphatic hydroxyl groups excluding tert-OH is 2. The third-order valence-corrected chi connectivity index (χ3v) is 10.6. The van der Waals surface area contributed by atoms with E-state index in [2.05, 4.69) is 18.4 Å². The van der Waals surface area contributed by atoms with E-state index in [9.17, 15) is 15.0 Å². The minimum absolute atomic E-state index is 0.00246. The van der Waals surface area contributed by atoms with Gasteiger partial charge in [-0.3, -0.25) is 0 Å². The Hall–Kier alpha value is -1.07. The van der Waals surface area contributed by atoms with Gasteiger partial charge in [0.2, 0.25) is 0 Å². The van der Waals surface area contributed by atoms with Crippen LogP contribution in [0.15, 0.2) is 12.2 Å². The molecular weight excluding hydrogens is 378 g/mol. The first-order valence-corrected chi connectivity index (χ1v) is 12.0. The maximum atomic E-state index is 13.5. The van der Waals surface area contributed by atoms with Gasteiger partial charge < -0.3 is 19.8 Å². The zero-order valence-electron chi connectivity index (χ0n) is 18.9. The zero-order chi connectivity index (χ0) is 21.4. The lowest BCUT2D eigenvalue weighted by molar-refractivity contribution is -0.233. The fourth-order valence-electron chi connectivity index (χ4n) is 10.1. The topological polar surface area (TPSA) is 70.0 Å². The van der Waals surface area contributed by atoms with Crippen molar-refractivity contribution in [1.82, 2.24) is 4.90 Å². The number of carbonyl (C=O) groups excluding carboxylic acids is 1. The van der Waals surface area contributed by atoms with Gasteiger partial charge in [0.1, 0.15) is 5.60 Å². The summed E-state index contributed by atoms with van der Waals surface area (Å²) in [5.41, 5.74) is -0.127. The highest BCUT2D eigenvalue weighted by atomic mass is 16.6. The molecule has 5 heteroatoms. The minimum Gasteiger partial charge on any atom is -0.444 e. The molecule has 10 unspecified atom stereocenters. The van der Waals surface area contributed by atoms with E-state index in [1.165, 1.54) is 6.42 Å². The number of ether oxygens (including phenoxy) is 1. The van der Waals surface area contributed by atoms with Crippen LogP contribution in [0.1, 0.15) is 66.2 Å². The number of hydrogen-bond donors (Lipinski definition) is 2. The second-order valence-corrected chi connectivity index (χ2v) is 12.8. The lowest BCUT2D eigenvalue weighted by atomic mass is 9.39. The van der Waals surface area contributed by atoms with Crippen LogP contribution < -0.4 is 0 Å². The molecule has 6 bridgehead atoms. The Morgan fingerprint density at radius 1 is 1.17 bits per heavy atom. The van der Waals surface area contributed by atoms with E-state index < -0.39 is 23.2 Å². The highest BCUT2D eigenvalue weighted by Gasteiger charge is 2.84. The van der Waals surface area contributed by atoms with Crippen LogP contribution in [0.3, 0.4) is 0 Å². The summed E-state index contributed by atoms with van der Waals surface area (Å²) in [7, 11) is 0. The second-order valence-electron chi connectivity index (χ2n) is 12.8. The zero-order valence-corrected chi connectivity index (χ0v) is 18.9. The Morgan fingerprint density at radius 3 is 2.60 bits per heavy atom. The van der Waals surface area contributed by atoms with E-state index >= 15 is 0 Å². The third-order valence-electron chi connectivity index (χ3n) is 10.6. The Morgan fingerprint density at radius 2 is 1.90 bits per heavy atom. The SMILES string of the molecule is C=C1C2CC3C4N(C(=O)OC(C)(C)C)CC5(C)CCCC46C5CC(O)C3(C1O)C6C2. The van der Waals surface area contributed by atoms with Gasteiger partial charge in [0.15, 0.2) is 0 Å². The van der Waals surface area contributed by atoms with Crippen LogP contribution in [-0.4, -0.2) is 51.6 Å². The quantitative estimate of drug-likeness (QED) is 0.592. The lowest BCUT2D eigenvalue weighted by Crippen LogP contribution is -2.70. The molecule has 1 heterocycles. The molecule has 30 heavy (non-hydrogen) atoms. The van der Waals surface area contributed by atoms with Crippen molar-refractivity contribution in [3.8, 4) is 0 Å². The van der Waals surface area contributed by atoms with E-state index in [0.717, 1.165) is 37.7 Å². The van der Waals surface area contributed by atoms with Crippen molar-refractivity contribution >= 4 is 6.09 Å². The molecule has 7 fully saturated rings. The van der Waals surface area contributed by atoms with E-state index in [1.54, 1.807) is 0 Å². The first kappa shape index (κ1) is 19.6.